The maximum absolute atomic E-state index is 11.7. The summed E-state index contributed by atoms with van der Waals surface area (Å²) >= 11 is 0. The second-order valence-electron chi connectivity index (χ2n) is 4.78. The molecule has 0 saturated heterocycles. The fourth-order valence-electron chi connectivity index (χ4n) is 1.75. The zero-order chi connectivity index (χ0) is 15.8. The lowest BCUT2D eigenvalue weighted by molar-refractivity contribution is -0.122. The minimum atomic E-state index is -0.353. The third kappa shape index (κ3) is 4.94. The topological polar surface area (TPSA) is 67.4 Å². The first-order valence-corrected chi connectivity index (χ1v) is 6.99. The smallest absolute Gasteiger partial charge is 0.269 e. The van der Waals surface area contributed by atoms with Crippen LogP contribution in [0.25, 0.3) is 0 Å². The van der Waals surface area contributed by atoms with E-state index in [1.165, 1.54) is 0 Å². The van der Waals surface area contributed by atoms with Crippen LogP contribution in [0.3, 0.4) is 0 Å². The van der Waals surface area contributed by atoms with Gasteiger partial charge in [-0.15, -0.1) is 0 Å². The molecule has 2 N–H and O–H groups in total. The van der Waals surface area contributed by atoms with E-state index in [1.807, 2.05) is 37.3 Å². The first-order valence-electron chi connectivity index (χ1n) is 6.99. The minimum Gasteiger partial charge on any atom is -0.493 e. The first kappa shape index (κ1) is 15.6. The van der Waals surface area contributed by atoms with Crippen molar-refractivity contribution in [2.75, 3.05) is 6.61 Å². The molecule has 0 aromatic heterocycles. The van der Waals surface area contributed by atoms with Crippen LogP contribution in [0.5, 0.6) is 5.75 Å². The average molecular weight is 298 g/mol. The quantitative estimate of drug-likeness (QED) is 0.832. The Morgan fingerprint density at radius 1 is 0.955 bits per heavy atom. The van der Waals surface area contributed by atoms with Gasteiger partial charge in [-0.1, -0.05) is 35.9 Å². The van der Waals surface area contributed by atoms with Crippen molar-refractivity contribution in [3.05, 3.63) is 65.7 Å². The van der Waals surface area contributed by atoms with Crippen LogP contribution in [0.15, 0.2) is 54.6 Å². The molecule has 0 heterocycles. The number of amides is 2. The van der Waals surface area contributed by atoms with Gasteiger partial charge >= 0.3 is 0 Å². The van der Waals surface area contributed by atoms with E-state index in [0.717, 1.165) is 5.56 Å². The average Bonchev–Trinajstić information content (AvgIpc) is 2.55. The van der Waals surface area contributed by atoms with E-state index in [-0.39, 0.29) is 24.8 Å². The molecular formula is C17H18N2O3. The van der Waals surface area contributed by atoms with Crippen LogP contribution >= 0.6 is 0 Å². The highest BCUT2D eigenvalue weighted by Crippen LogP contribution is 2.11. The highest BCUT2D eigenvalue weighted by atomic mass is 16.5. The van der Waals surface area contributed by atoms with Gasteiger partial charge in [0.05, 0.1) is 13.0 Å². The van der Waals surface area contributed by atoms with Crippen LogP contribution in [0, 0.1) is 6.92 Å². The molecule has 114 valence electrons. The van der Waals surface area contributed by atoms with Gasteiger partial charge in [-0.25, -0.2) is 0 Å². The van der Waals surface area contributed by atoms with Gasteiger partial charge in [-0.3, -0.25) is 20.4 Å². The number of nitrogens with one attached hydrogen (secondary N) is 2. The molecule has 0 unspecified atom stereocenters. The Kier molecular flexibility index (Phi) is 5.54. The number of rotatable bonds is 5. The number of benzene rings is 2. The molecule has 0 atom stereocenters. The number of carbonyl (C=O) groups is 2. The van der Waals surface area contributed by atoms with Crippen LogP contribution in [0.2, 0.25) is 0 Å². The molecule has 0 spiro atoms. The zero-order valence-corrected chi connectivity index (χ0v) is 12.3. The molecule has 2 rings (SSSR count). The van der Waals surface area contributed by atoms with Crippen LogP contribution in [0.4, 0.5) is 0 Å². The lowest BCUT2D eigenvalue weighted by Gasteiger charge is -2.08. The van der Waals surface area contributed by atoms with E-state index in [2.05, 4.69) is 10.9 Å². The Labute approximate surface area is 129 Å². The molecule has 0 aliphatic heterocycles. The molecule has 0 fully saturated rings. The molecule has 0 bridgehead atoms. The molecular weight excluding hydrogens is 280 g/mol. The standard InChI is InChI=1S/C17H18N2O3/c1-13-7-9-15(10-8-13)22-12-11-16(20)18-19-17(21)14-5-3-2-4-6-14/h2-10H,11-12H2,1H3,(H,18,20)(H,19,21). The van der Waals surface area contributed by atoms with E-state index in [1.54, 1.807) is 24.3 Å². The molecule has 0 aliphatic rings. The zero-order valence-electron chi connectivity index (χ0n) is 12.3. The van der Waals surface area contributed by atoms with Gasteiger partial charge in [0.2, 0.25) is 5.91 Å². The van der Waals surface area contributed by atoms with Gasteiger partial charge < -0.3 is 4.74 Å². The first-order chi connectivity index (χ1) is 10.6. The summed E-state index contributed by atoms with van der Waals surface area (Å²) in [5, 5.41) is 0. The SMILES string of the molecule is Cc1ccc(OCCC(=O)NNC(=O)c2ccccc2)cc1. The molecule has 5 nitrogen and oxygen atoms in total. The fraction of sp³-hybridized carbons (Fsp3) is 0.176. The van der Waals surface area contributed by atoms with Gasteiger partial charge in [0.25, 0.3) is 5.91 Å². The van der Waals surface area contributed by atoms with Crippen molar-refractivity contribution in [3.8, 4) is 5.75 Å². The normalized spacial score (nSPS) is 9.86. The monoisotopic (exact) mass is 298 g/mol. The summed E-state index contributed by atoms with van der Waals surface area (Å²) in [5.41, 5.74) is 6.35. The maximum Gasteiger partial charge on any atom is 0.269 e. The predicted molar refractivity (Wildman–Crippen MR) is 83.3 cm³/mol. The number of carbonyl (C=O) groups excluding carboxylic acids is 2. The summed E-state index contributed by atoms with van der Waals surface area (Å²) < 4.78 is 5.45. The Morgan fingerprint density at radius 3 is 2.32 bits per heavy atom. The van der Waals surface area contributed by atoms with E-state index < -0.39 is 0 Å². The van der Waals surface area contributed by atoms with Crippen LogP contribution < -0.4 is 15.6 Å². The largest absolute Gasteiger partial charge is 0.493 e. The van der Waals surface area contributed by atoms with Crippen molar-refractivity contribution in [2.24, 2.45) is 0 Å². The van der Waals surface area contributed by atoms with Gasteiger partial charge in [0, 0.05) is 5.56 Å². The second-order valence-corrected chi connectivity index (χ2v) is 4.78. The summed E-state index contributed by atoms with van der Waals surface area (Å²) in [5.74, 6) is 0.0523. The third-order valence-corrected chi connectivity index (χ3v) is 2.97. The highest BCUT2D eigenvalue weighted by Gasteiger charge is 2.06. The van der Waals surface area contributed by atoms with Gasteiger partial charge in [0.15, 0.2) is 0 Å². The number of ether oxygens (including phenoxy) is 1. The van der Waals surface area contributed by atoms with E-state index >= 15 is 0 Å². The molecule has 5 heteroatoms. The van der Waals surface area contributed by atoms with E-state index in [0.29, 0.717) is 11.3 Å². The van der Waals surface area contributed by atoms with Crippen molar-refractivity contribution in [1.29, 1.82) is 0 Å². The summed E-state index contributed by atoms with van der Waals surface area (Å²) in [6.07, 6.45) is 0.156. The van der Waals surface area contributed by atoms with Crippen molar-refractivity contribution < 1.29 is 14.3 Å². The van der Waals surface area contributed by atoms with Crippen LogP contribution in [-0.2, 0) is 4.79 Å². The second kappa shape index (κ2) is 7.83. The summed E-state index contributed by atoms with van der Waals surface area (Å²) in [7, 11) is 0. The molecule has 2 aromatic rings. The Bertz CT molecular complexity index is 624. The van der Waals surface area contributed by atoms with Gasteiger partial charge in [-0.05, 0) is 31.2 Å². The lowest BCUT2D eigenvalue weighted by Crippen LogP contribution is -2.42. The molecule has 0 saturated carbocycles. The van der Waals surface area contributed by atoms with Crippen LogP contribution in [0.1, 0.15) is 22.3 Å². The summed E-state index contributed by atoms with van der Waals surface area (Å²) in [4.78, 5) is 23.3. The maximum atomic E-state index is 11.7. The Morgan fingerprint density at radius 2 is 1.64 bits per heavy atom. The Hall–Kier alpha value is -2.82. The van der Waals surface area contributed by atoms with E-state index in [4.69, 9.17) is 4.74 Å². The summed E-state index contributed by atoms with van der Waals surface area (Å²) in [6.45, 7) is 2.24. The van der Waals surface area contributed by atoms with E-state index in [9.17, 15) is 9.59 Å². The molecule has 22 heavy (non-hydrogen) atoms. The molecule has 0 aliphatic carbocycles. The van der Waals surface area contributed by atoms with Crippen molar-refractivity contribution in [1.82, 2.24) is 10.9 Å². The summed E-state index contributed by atoms with van der Waals surface area (Å²) in [6, 6.07) is 16.2. The molecule has 0 radical (unpaired) electrons. The molecule has 2 aromatic carbocycles. The Balaban J connectivity index is 1.68. The molecule has 2 amide bonds. The number of hydrogen-bond acceptors (Lipinski definition) is 3. The number of aryl methyl sites for hydroxylation is 1. The van der Waals surface area contributed by atoms with Crippen molar-refractivity contribution >= 4 is 11.8 Å². The van der Waals surface area contributed by atoms with Crippen molar-refractivity contribution in [2.45, 2.75) is 13.3 Å². The fourth-order valence-corrected chi connectivity index (χ4v) is 1.75. The number of hydrazine groups is 1. The highest BCUT2D eigenvalue weighted by molar-refractivity contribution is 5.95. The lowest BCUT2D eigenvalue weighted by atomic mass is 10.2. The predicted octanol–water partition coefficient (Wildman–Crippen LogP) is 2.23. The van der Waals surface area contributed by atoms with Gasteiger partial charge in [0.1, 0.15) is 5.75 Å². The van der Waals surface area contributed by atoms with Gasteiger partial charge in [-0.2, -0.15) is 0 Å². The third-order valence-electron chi connectivity index (χ3n) is 2.97. The minimum absolute atomic E-state index is 0.156. The van der Waals surface area contributed by atoms with Crippen molar-refractivity contribution in [3.63, 3.8) is 0 Å². The van der Waals surface area contributed by atoms with Crippen LogP contribution in [-0.4, -0.2) is 18.4 Å². The number of hydrogen-bond donors (Lipinski definition) is 2.